The summed E-state index contributed by atoms with van der Waals surface area (Å²) in [4.78, 5) is 13.1. The molecule has 0 unspecified atom stereocenters. The molecule has 0 atom stereocenters. The summed E-state index contributed by atoms with van der Waals surface area (Å²) in [5, 5.41) is 0. The summed E-state index contributed by atoms with van der Waals surface area (Å²) in [5.41, 5.74) is 1.29. The van der Waals surface area contributed by atoms with E-state index in [-0.39, 0.29) is 5.91 Å². The highest BCUT2D eigenvalue weighted by Gasteiger charge is 2.05. The van der Waals surface area contributed by atoms with Gasteiger partial charge in [-0.05, 0) is 31.4 Å². The Morgan fingerprint density at radius 2 is 2.12 bits per heavy atom. The number of rotatable bonds is 5. The predicted octanol–water partition coefficient (Wildman–Crippen LogP) is 3.76. The standard InChI is InChI=1S/C14H18BrNO/c1-3-10-16(12(2)17)11-6-8-13-7-4-5-9-14(13)15/h3-5,7,9-10H,6,8,11H2,1-2H3/b10-3+. The molecule has 0 aliphatic rings. The zero-order valence-corrected chi connectivity index (χ0v) is 11.9. The van der Waals surface area contributed by atoms with Crippen molar-refractivity contribution in [2.45, 2.75) is 26.7 Å². The van der Waals surface area contributed by atoms with Gasteiger partial charge in [0.1, 0.15) is 0 Å². The van der Waals surface area contributed by atoms with Crippen LogP contribution in [0.5, 0.6) is 0 Å². The number of halogens is 1. The summed E-state index contributed by atoms with van der Waals surface area (Å²) in [5.74, 6) is 0.0928. The molecular formula is C14H18BrNO. The van der Waals surface area contributed by atoms with E-state index in [0.717, 1.165) is 23.9 Å². The third-order valence-corrected chi connectivity index (χ3v) is 3.31. The molecule has 1 amide bonds. The third kappa shape index (κ3) is 4.73. The molecule has 0 aliphatic carbocycles. The maximum atomic E-state index is 11.3. The number of carbonyl (C=O) groups excluding carboxylic acids is 1. The van der Waals surface area contributed by atoms with Crippen molar-refractivity contribution < 1.29 is 4.79 Å². The normalized spacial score (nSPS) is 10.8. The van der Waals surface area contributed by atoms with Gasteiger partial charge in [0.2, 0.25) is 5.91 Å². The number of nitrogens with zero attached hydrogens (tertiary/aromatic N) is 1. The van der Waals surface area contributed by atoms with Crippen molar-refractivity contribution in [1.29, 1.82) is 0 Å². The fourth-order valence-electron chi connectivity index (χ4n) is 1.66. The second-order valence-electron chi connectivity index (χ2n) is 3.89. The van der Waals surface area contributed by atoms with Crippen LogP contribution in [0.3, 0.4) is 0 Å². The lowest BCUT2D eigenvalue weighted by atomic mass is 10.1. The van der Waals surface area contributed by atoms with Gasteiger partial charge in [0, 0.05) is 24.1 Å². The average molecular weight is 296 g/mol. The van der Waals surface area contributed by atoms with Gasteiger partial charge in [-0.1, -0.05) is 40.2 Å². The van der Waals surface area contributed by atoms with Gasteiger partial charge in [-0.15, -0.1) is 0 Å². The highest BCUT2D eigenvalue weighted by molar-refractivity contribution is 9.10. The summed E-state index contributed by atoms with van der Waals surface area (Å²) in [6.45, 7) is 4.28. The number of hydrogen-bond acceptors (Lipinski definition) is 1. The van der Waals surface area contributed by atoms with E-state index in [1.807, 2.05) is 37.4 Å². The molecule has 1 aromatic rings. The van der Waals surface area contributed by atoms with Crippen LogP contribution in [-0.4, -0.2) is 17.4 Å². The van der Waals surface area contributed by atoms with Gasteiger partial charge in [0.05, 0.1) is 0 Å². The van der Waals surface area contributed by atoms with Gasteiger partial charge < -0.3 is 4.90 Å². The molecule has 0 aliphatic heterocycles. The van der Waals surface area contributed by atoms with Crippen molar-refractivity contribution in [2.75, 3.05) is 6.54 Å². The quantitative estimate of drug-likeness (QED) is 0.810. The Kier molecular flexibility index (Phi) is 5.98. The number of hydrogen-bond donors (Lipinski definition) is 0. The molecule has 2 nitrogen and oxygen atoms in total. The van der Waals surface area contributed by atoms with E-state index in [4.69, 9.17) is 0 Å². The second-order valence-corrected chi connectivity index (χ2v) is 4.74. The summed E-state index contributed by atoms with van der Waals surface area (Å²) in [7, 11) is 0. The summed E-state index contributed by atoms with van der Waals surface area (Å²) < 4.78 is 1.14. The summed E-state index contributed by atoms with van der Waals surface area (Å²) in [6, 6.07) is 8.20. The lowest BCUT2D eigenvalue weighted by Crippen LogP contribution is -2.24. The molecular weight excluding hydrogens is 278 g/mol. The molecule has 0 aromatic heterocycles. The van der Waals surface area contributed by atoms with Crippen molar-refractivity contribution in [3.63, 3.8) is 0 Å². The molecule has 1 aromatic carbocycles. The van der Waals surface area contributed by atoms with Crippen LogP contribution in [0, 0.1) is 0 Å². The highest BCUT2D eigenvalue weighted by atomic mass is 79.9. The van der Waals surface area contributed by atoms with Crippen molar-refractivity contribution >= 4 is 21.8 Å². The third-order valence-electron chi connectivity index (χ3n) is 2.54. The van der Waals surface area contributed by atoms with Gasteiger partial charge >= 0.3 is 0 Å². The molecule has 0 fully saturated rings. The Morgan fingerprint density at radius 1 is 1.41 bits per heavy atom. The Bertz CT molecular complexity index is 401. The van der Waals surface area contributed by atoms with Gasteiger partial charge in [-0.3, -0.25) is 4.79 Å². The molecule has 0 saturated heterocycles. The van der Waals surface area contributed by atoms with E-state index in [1.54, 1.807) is 11.8 Å². The van der Waals surface area contributed by atoms with Crippen LogP contribution in [-0.2, 0) is 11.2 Å². The molecule has 0 heterocycles. The first kappa shape index (κ1) is 14.0. The number of amides is 1. The minimum Gasteiger partial charge on any atom is -0.320 e. The van der Waals surface area contributed by atoms with E-state index in [1.165, 1.54) is 5.56 Å². The first-order chi connectivity index (χ1) is 8.15. The van der Waals surface area contributed by atoms with Crippen molar-refractivity contribution in [3.8, 4) is 0 Å². The number of allylic oxidation sites excluding steroid dienone is 1. The molecule has 3 heteroatoms. The van der Waals surface area contributed by atoms with Crippen LogP contribution < -0.4 is 0 Å². The van der Waals surface area contributed by atoms with E-state index in [0.29, 0.717) is 0 Å². The largest absolute Gasteiger partial charge is 0.320 e. The maximum Gasteiger partial charge on any atom is 0.223 e. The van der Waals surface area contributed by atoms with Crippen LogP contribution in [0.4, 0.5) is 0 Å². The van der Waals surface area contributed by atoms with Crippen molar-refractivity contribution in [1.82, 2.24) is 4.90 Å². The Balaban J connectivity index is 2.46. The lowest BCUT2D eigenvalue weighted by molar-refractivity contribution is -0.126. The minimum atomic E-state index is 0.0928. The number of aryl methyl sites for hydroxylation is 1. The van der Waals surface area contributed by atoms with Crippen molar-refractivity contribution in [2.24, 2.45) is 0 Å². The molecule has 0 N–H and O–H groups in total. The van der Waals surface area contributed by atoms with E-state index in [2.05, 4.69) is 22.0 Å². The number of benzene rings is 1. The maximum absolute atomic E-state index is 11.3. The molecule has 92 valence electrons. The van der Waals surface area contributed by atoms with Crippen LogP contribution in [0.25, 0.3) is 0 Å². The van der Waals surface area contributed by atoms with Gasteiger partial charge in [0.15, 0.2) is 0 Å². The average Bonchev–Trinajstić information content (AvgIpc) is 2.30. The zero-order valence-electron chi connectivity index (χ0n) is 10.3. The smallest absolute Gasteiger partial charge is 0.223 e. The Hall–Kier alpha value is -1.09. The molecule has 0 spiro atoms. The van der Waals surface area contributed by atoms with Gasteiger partial charge in [0.25, 0.3) is 0 Å². The van der Waals surface area contributed by atoms with E-state index in [9.17, 15) is 4.79 Å². The number of carbonyl (C=O) groups is 1. The fraction of sp³-hybridized carbons (Fsp3) is 0.357. The first-order valence-electron chi connectivity index (χ1n) is 5.78. The monoisotopic (exact) mass is 295 g/mol. The highest BCUT2D eigenvalue weighted by Crippen LogP contribution is 2.17. The molecule has 1 rings (SSSR count). The van der Waals surface area contributed by atoms with E-state index < -0.39 is 0 Å². The zero-order chi connectivity index (χ0) is 12.7. The summed E-state index contributed by atoms with van der Waals surface area (Å²) in [6.07, 6.45) is 5.66. The van der Waals surface area contributed by atoms with Crippen LogP contribution in [0.2, 0.25) is 0 Å². The Labute approximate surface area is 111 Å². The minimum absolute atomic E-state index is 0.0928. The molecule has 17 heavy (non-hydrogen) atoms. The van der Waals surface area contributed by atoms with Crippen LogP contribution in [0.1, 0.15) is 25.8 Å². The summed E-state index contributed by atoms with van der Waals surface area (Å²) >= 11 is 3.53. The van der Waals surface area contributed by atoms with Gasteiger partial charge in [-0.2, -0.15) is 0 Å². The van der Waals surface area contributed by atoms with Gasteiger partial charge in [-0.25, -0.2) is 0 Å². The Morgan fingerprint density at radius 3 is 2.71 bits per heavy atom. The SMILES string of the molecule is C/C=C/N(CCCc1ccccc1Br)C(C)=O. The predicted molar refractivity (Wildman–Crippen MR) is 74.7 cm³/mol. The topological polar surface area (TPSA) is 20.3 Å². The van der Waals surface area contributed by atoms with E-state index >= 15 is 0 Å². The first-order valence-corrected chi connectivity index (χ1v) is 6.58. The fourth-order valence-corrected chi connectivity index (χ4v) is 2.14. The van der Waals surface area contributed by atoms with Crippen LogP contribution in [0.15, 0.2) is 41.0 Å². The molecule has 0 bridgehead atoms. The van der Waals surface area contributed by atoms with Crippen molar-refractivity contribution in [3.05, 3.63) is 46.6 Å². The lowest BCUT2D eigenvalue weighted by Gasteiger charge is -2.16. The molecule has 0 saturated carbocycles. The second kappa shape index (κ2) is 7.28. The van der Waals surface area contributed by atoms with Crippen LogP contribution >= 0.6 is 15.9 Å². The molecule has 0 radical (unpaired) electrons.